The van der Waals surface area contributed by atoms with E-state index in [-0.39, 0.29) is 6.04 Å². The first-order chi connectivity index (χ1) is 8.04. The second kappa shape index (κ2) is 9.46. The monoisotopic (exact) mass is 242 g/mol. The Labute approximate surface area is 107 Å². The van der Waals surface area contributed by atoms with Gasteiger partial charge >= 0.3 is 0 Å². The number of carbonyl (C=O) groups excluding carboxylic acids is 1. The lowest BCUT2D eigenvalue weighted by molar-refractivity contribution is -0.131. The number of amides is 1. The second-order valence-corrected chi connectivity index (χ2v) is 4.98. The Kier molecular flexibility index (Phi) is 9.14. The summed E-state index contributed by atoms with van der Waals surface area (Å²) in [5.41, 5.74) is 5.69. The molecule has 0 aliphatic carbocycles. The fourth-order valence-electron chi connectivity index (χ4n) is 2.00. The molecule has 2 N–H and O–H groups in total. The standard InChI is InChI=1S/C14H30N2O/c1-5-13(6-2)11-16(7-3)14(17)10-8-9-12(4)15/h12-13H,5-11,15H2,1-4H3. The summed E-state index contributed by atoms with van der Waals surface area (Å²) in [6, 6.07) is 0.205. The third-order valence-electron chi connectivity index (χ3n) is 3.42. The van der Waals surface area contributed by atoms with Crippen molar-refractivity contribution in [1.82, 2.24) is 4.90 Å². The van der Waals surface area contributed by atoms with Crippen LogP contribution in [0.3, 0.4) is 0 Å². The zero-order valence-corrected chi connectivity index (χ0v) is 12.0. The molecule has 3 heteroatoms. The molecule has 0 radical (unpaired) electrons. The van der Waals surface area contributed by atoms with Crippen LogP contribution in [0.15, 0.2) is 0 Å². The molecule has 0 saturated carbocycles. The maximum absolute atomic E-state index is 12.0. The van der Waals surface area contributed by atoms with Gasteiger partial charge < -0.3 is 10.6 Å². The highest BCUT2D eigenvalue weighted by atomic mass is 16.2. The van der Waals surface area contributed by atoms with Crippen molar-refractivity contribution in [3.8, 4) is 0 Å². The molecule has 3 nitrogen and oxygen atoms in total. The van der Waals surface area contributed by atoms with E-state index in [1.54, 1.807) is 0 Å². The Morgan fingerprint density at radius 2 is 1.82 bits per heavy atom. The van der Waals surface area contributed by atoms with Gasteiger partial charge in [0.05, 0.1) is 0 Å². The van der Waals surface area contributed by atoms with Gasteiger partial charge in [0, 0.05) is 25.6 Å². The lowest BCUT2D eigenvalue weighted by Crippen LogP contribution is -2.35. The van der Waals surface area contributed by atoms with Crippen LogP contribution in [0.25, 0.3) is 0 Å². The van der Waals surface area contributed by atoms with Gasteiger partial charge in [-0.25, -0.2) is 0 Å². The van der Waals surface area contributed by atoms with Gasteiger partial charge in [-0.1, -0.05) is 26.7 Å². The van der Waals surface area contributed by atoms with E-state index in [1.807, 2.05) is 11.8 Å². The van der Waals surface area contributed by atoms with Crippen LogP contribution < -0.4 is 5.73 Å². The number of rotatable bonds is 9. The first-order valence-electron chi connectivity index (χ1n) is 7.08. The van der Waals surface area contributed by atoms with Gasteiger partial charge in [-0.3, -0.25) is 4.79 Å². The van der Waals surface area contributed by atoms with Crippen molar-refractivity contribution in [2.45, 2.75) is 65.8 Å². The van der Waals surface area contributed by atoms with Crippen LogP contribution in [0.1, 0.15) is 59.8 Å². The van der Waals surface area contributed by atoms with Crippen LogP contribution in [0.2, 0.25) is 0 Å². The van der Waals surface area contributed by atoms with Crippen molar-refractivity contribution < 1.29 is 4.79 Å². The number of nitrogens with zero attached hydrogens (tertiary/aromatic N) is 1. The van der Waals surface area contributed by atoms with E-state index in [2.05, 4.69) is 20.8 Å². The number of hydrogen-bond donors (Lipinski definition) is 1. The molecule has 0 spiro atoms. The van der Waals surface area contributed by atoms with Gasteiger partial charge in [0.1, 0.15) is 0 Å². The van der Waals surface area contributed by atoms with Gasteiger partial charge in [0.15, 0.2) is 0 Å². The van der Waals surface area contributed by atoms with E-state index < -0.39 is 0 Å². The first kappa shape index (κ1) is 16.4. The molecule has 0 fully saturated rings. The molecule has 0 aliphatic rings. The van der Waals surface area contributed by atoms with E-state index in [4.69, 9.17) is 5.73 Å². The minimum Gasteiger partial charge on any atom is -0.343 e. The predicted molar refractivity (Wildman–Crippen MR) is 73.8 cm³/mol. The molecule has 0 aromatic heterocycles. The minimum absolute atomic E-state index is 0.205. The molecular weight excluding hydrogens is 212 g/mol. The lowest BCUT2D eigenvalue weighted by Gasteiger charge is -2.25. The molecule has 0 aromatic carbocycles. The normalized spacial score (nSPS) is 12.8. The zero-order valence-electron chi connectivity index (χ0n) is 12.0. The van der Waals surface area contributed by atoms with Crippen molar-refractivity contribution in [3.05, 3.63) is 0 Å². The summed E-state index contributed by atoms with van der Waals surface area (Å²) in [6.07, 6.45) is 4.81. The number of nitrogens with two attached hydrogens (primary N) is 1. The highest BCUT2D eigenvalue weighted by molar-refractivity contribution is 5.76. The van der Waals surface area contributed by atoms with E-state index in [0.717, 1.165) is 38.8 Å². The summed E-state index contributed by atoms with van der Waals surface area (Å²) in [4.78, 5) is 14.0. The minimum atomic E-state index is 0.205. The molecule has 1 amide bonds. The van der Waals surface area contributed by atoms with Gasteiger partial charge in [-0.05, 0) is 32.6 Å². The van der Waals surface area contributed by atoms with E-state index in [0.29, 0.717) is 18.2 Å². The summed E-state index contributed by atoms with van der Waals surface area (Å²) >= 11 is 0. The topological polar surface area (TPSA) is 46.3 Å². The highest BCUT2D eigenvalue weighted by Gasteiger charge is 2.15. The van der Waals surface area contributed by atoms with Gasteiger partial charge in [-0.15, -0.1) is 0 Å². The number of hydrogen-bond acceptors (Lipinski definition) is 2. The van der Waals surface area contributed by atoms with Crippen molar-refractivity contribution in [2.24, 2.45) is 11.7 Å². The van der Waals surface area contributed by atoms with Gasteiger partial charge in [-0.2, -0.15) is 0 Å². The average Bonchev–Trinajstić information content (AvgIpc) is 2.30. The Hall–Kier alpha value is -0.570. The molecule has 0 saturated heterocycles. The summed E-state index contributed by atoms with van der Waals surface area (Å²) < 4.78 is 0. The van der Waals surface area contributed by atoms with Crippen LogP contribution in [-0.2, 0) is 4.79 Å². The number of carbonyl (C=O) groups is 1. The van der Waals surface area contributed by atoms with Crippen LogP contribution in [0.5, 0.6) is 0 Å². The van der Waals surface area contributed by atoms with Crippen LogP contribution >= 0.6 is 0 Å². The molecule has 0 aliphatic heterocycles. The van der Waals surface area contributed by atoms with E-state index in [1.165, 1.54) is 0 Å². The van der Waals surface area contributed by atoms with Crippen molar-refractivity contribution in [3.63, 3.8) is 0 Å². The second-order valence-electron chi connectivity index (χ2n) is 4.98. The Bertz CT molecular complexity index is 200. The smallest absolute Gasteiger partial charge is 0.222 e. The molecule has 1 atom stereocenters. The quantitative estimate of drug-likeness (QED) is 0.676. The van der Waals surface area contributed by atoms with Crippen molar-refractivity contribution >= 4 is 5.91 Å². The summed E-state index contributed by atoms with van der Waals surface area (Å²) in [5.74, 6) is 0.937. The maximum atomic E-state index is 12.0. The average molecular weight is 242 g/mol. The molecule has 0 bridgehead atoms. The van der Waals surface area contributed by atoms with Crippen LogP contribution in [0, 0.1) is 5.92 Å². The third kappa shape index (κ3) is 7.37. The summed E-state index contributed by atoms with van der Waals surface area (Å²) in [7, 11) is 0. The summed E-state index contributed by atoms with van der Waals surface area (Å²) in [6.45, 7) is 10.2. The maximum Gasteiger partial charge on any atom is 0.222 e. The van der Waals surface area contributed by atoms with Gasteiger partial charge in [0.2, 0.25) is 5.91 Å². The molecule has 0 rings (SSSR count). The van der Waals surface area contributed by atoms with Crippen LogP contribution in [-0.4, -0.2) is 29.9 Å². The SMILES string of the molecule is CCC(CC)CN(CC)C(=O)CCCC(C)N. The molecular formula is C14H30N2O. The molecule has 1 unspecified atom stereocenters. The highest BCUT2D eigenvalue weighted by Crippen LogP contribution is 2.11. The zero-order chi connectivity index (χ0) is 13.3. The molecule has 17 heavy (non-hydrogen) atoms. The first-order valence-corrected chi connectivity index (χ1v) is 7.08. The molecule has 0 heterocycles. The molecule has 0 aromatic rings. The lowest BCUT2D eigenvalue weighted by atomic mass is 10.0. The Morgan fingerprint density at radius 3 is 2.24 bits per heavy atom. The fourth-order valence-corrected chi connectivity index (χ4v) is 2.00. The van der Waals surface area contributed by atoms with Crippen molar-refractivity contribution in [2.75, 3.05) is 13.1 Å². The van der Waals surface area contributed by atoms with E-state index >= 15 is 0 Å². The van der Waals surface area contributed by atoms with Crippen molar-refractivity contribution in [1.29, 1.82) is 0 Å². The molecule has 102 valence electrons. The summed E-state index contributed by atoms with van der Waals surface area (Å²) in [5, 5.41) is 0. The third-order valence-corrected chi connectivity index (χ3v) is 3.42. The largest absolute Gasteiger partial charge is 0.343 e. The predicted octanol–water partition coefficient (Wildman–Crippen LogP) is 2.79. The Balaban J connectivity index is 4.03. The van der Waals surface area contributed by atoms with Crippen LogP contribution in [0.4, 0.5) is 0 Å². The Morgan fingerprint density at radius 1 is 1.24 bits per heavy atom. The van der Waals surface area contributed by atoms with E-state index in [9.17, 15) is 4.79 Å². The fraction of sp³-hybridized carbons (Fsp3) is 0.929. The van der Waals surface area contributed by atoms with Gasteiger partial charge in [0.25, 0.3) is 0 Å².